The fourth-order valence-corrected chi connectivity index (χ4v) is 5.62. The first-order valence-electron chi connectivity index (χ1n) is 11.3. The van der Waals surface area contributed by atoms with Gasteiger partial charge in [-0.05, 0) is 57.2 Å². The molecule has 0 aromatic heterocycles. The van der Waals surface area contributed by atoms with Gasteiger partial charge in [0.15, 0.2) is 6.10 Å². The Balaban J connectivity index is 1.47. The molecule has 0 bridgehead atoms. The number of nitrogens with zero attached hydrogens (tertiary/aromatic N) is 2. The lowest BCUT2D eigenvalue weighted by Gasteiger charge is -2.29. The van der Waals surface area contributed by atoms with Gasteiger partial charge in [-0.3, -0.25) is 14.4 Å². The Morgan fingerprint density at radius 1 is 0.857 bits per heavy atom. The molecule has 0 radical (unpaired) electrons. The Labute approximate surface area is 210 Å². The van der Waals surface area contributed by atoms with Gasteiger partial charge in [-0.15, -0.1) is 0 Å². The van der Waals surface area contributed by atoms with E-state index in [9.17, 15) is 9.59 Å². The van der Waals surface area contributed by atoms with Gasteiger partial charge in [0.1, 0.15) is 11.7 Å². The SMILES string of the molecule is COc1ccc([C@H]2[C@H]3C(=O)N(c4cccc5ccccc45)C(=O)[C@H]3ON2c2ccccc2)cc1Br. The second-order valence-corrected chi connectivity index (χ2v) is 9.42. The summed E-state index contributed by atoms with van der Waals surface area (Å²) in [5.74, 6) is -0.650. The molecule has 2 amide bonds. The van der Waals surface area contributed by atoms with Crippen molar-refractivity contribution in [2.75, 3.05) is 17.1 Å². The molecule has 2 saturated heterocycles. The van der Waals surface area contributed by atoms with Crippen LogP contribution in [0.4, 0.5) is 11.4 Å². The number of halogens is 1. The van der Waals surface area contributed by atoms with Crippen molar-refractivity contribution in [1.82, 2.24) is 0 Å². The highest BCUT2D eigenvalue weighted by molar-refractivity contribution is 9.10. The van der Waals surface area contributed by atoms with Gasteiger partial charge in [0, 0.05) is 5.39 Å². The van der Waals surface area contributed by atoms with Crippen LogP contribution in [0.5, 0.6) is 5.75 Å². The molecular formula is C28H21BrN2O4. The zero-order valence-corrected chi connectivity index (χ0v) is 20.4. The highest BCUT2D eigenvalue weighted by atomic mass is 79.9. The van der Waals surface area contributed by atoms with Gasteiger partial charge in [0.25, 0.3) is 5.91 Å². The normalized spacial score (nSPS) is 21.6. The quantitative estimate of drug-likeness (QED) is 0.320. The molecule has 174 valence electrons. The molecule has 2 fully saturated rings. The number of amides is 2. The fourth-order valence-electron chi connectivity index (χ4n) is 5.06. The highest BCUT2D eigenvalue weighted by Gasteiger charge is 2.60. The molecule has 6 nitrogen and oxygen atoms in total. The summed E-state index contributed by atoms with van der Waals surface area (Å²) in [4.78, 5) is 35.2. The lowest BCUT2D eigenvalue weighted by molar-refractivity contribution is -0.126. The number of rotatable bonds is 4. The van der Waals surface area contributed by atoms with Crippen LogP contribution in [-0.4, -0.2) is 25.0 Å². The number of hydroxylamine groups is 1. The van der Waals surface area contributed by atoms with Crippen molar-refractivity contribution in [3.05, 3.63) is 101 Å². The van der Waals surface area contributed by atoms with Crippen molar-refractivity contribution in [2.24, 2.45) is 5.92 Å². The van der Waals surface area contributed by atoms with Crippen molar-refractivity contribution < 1.29 is 19.2 Å². The molecule has 0 spiro atoms. The van der Waals surface area contributed by atoms with E-state index in [2.05, 4.69) is 15.9 Å². The van der Waals surface area contributed by atoms with Crippen LogP contribution in [0.2, 0.25) is 0 Å². The first kappa shape index (κ1) is 21.8. The van der Waals surface area contributed by atoms with Gasteiger partial charge in [0.05, 0.1) is 29.0 Å². The third kappa shape index (κ3) is 3.42. The molecule has 0 N–H and O–H groups in total. The summed E-state index contributed by atoms with van der Waals surface area (Å²) in [5.41, 5.74) is 2.20. The number of carbonyl (C=O) groups is 2. The summed E-state index contributed by atoms with van der Waals surface area (Å²) in [7, 11) is 1.60. The van der Waals surface area contributed by atoms with E-state index in [1.54, 1.807) is 12.2 Å². The predicted octanol–water partition coefficient (Wildman–Crippen LogP) is 5.66. The number of ether oxygens (including phenoxy) is 1. The zero-order chi connectivity index (χ0) is 24.1. The van der Waals surface area contributed by atoms with Crippen molar-refractivity contribution in [3.8, 4) is 5.75 Å². The van der Waals surface area contributed by atoms with E-state index in [1.165, 1.54) is 4.90 Å². The van der Waals surface area contributed by atoms with Crippen LogP contribution in [-0.2, 0) is 14.4 Å². The number of anilines is 2. The van der Waals surface area contributed by atoms with Crippen LogP contribution in [0.15, 0.2) is 95.5 Å². The number of hydrogen-bond acceptors (Lipinski definition) is 5. The van der Waals surface area contributed by atoms with Crippen LogP contribution >= 0.6 is 15.9 Å². The Hall–Kier alpha value is -3.68. The molecule has 2 aliphatic heterocycles. The van der Waals surface area contributed by atoms with E-state index in [1.807, 2.05) is 91.0 Å². The van der Waals surface area contributed by atoms with Gasteiger partial charge in [-0.25, -0.2) is 9.96 Å². The monoisotopic (exact) mass is 528 g/mol. The maximum Gasteiger partial charge on any atom is 0.266 e. The maximum atomic E-state index is 14.0. The molecule has 35 heavy (non-hydrogen) atoms. The van der Waals surface area contributed by atoms with Crippen molar-refractivity contribution >= 4 is 49.9 Å². The minimum Gasteiger partial charge on any atom is -0.496 e. The van der Waals surface area contributed by atoms with Gasteiger partial charge in [-0.2, -0.15) is 0 Å². The molecule has 2 heterocycles. The van der Waals surface area contributed by atoms with Gasteiger partial charge < -0.3 is 4.74 Å². The summed E-state index contributed by atoms with van der Waals surface area (Å²) >= 11 is 3.56. The predicted molar refractivity (Wildman–Crippen MR) is 137 cm³/mol. The van der Waals surface area contributed by atoms with Gasteiger partial charge >= 0.3 is 0 Å². The van der Waals surface area contributed by atoms with Crippen molar-refractivity contribution in [3.63, 3.8) is 0 Å². The van der Waals surface area contributed by atoms with E-state index < -0.39 is 18.1 Å². The number of methoxy groups -OCH3 is 1. The molecule has 2 aliphatic rings. The highest BCUT2D eigenvalue weighted by Crippen LogP contribution is 2.49. The molecule has 0 saturated carbocycles. The van der Waals surface area contributed by atoms with Crippen LogP contribution in [0.1, 0.15) is 11.6 Å². The Morgan fingerprint density at radius 2 is 1.60 bits per heavy atom. The van der Waals surface area contributed by atoms with E-state index in [-0.39, 0.29) is 11.8 Å². The van der Waals surface area contributed by atoms with E-state index in [4.69, 9.17) is 9.57 Å². The average molecular weight is 529 g/mol. The molecule has 4 aromatic rings. The second kappa shape index (κ2) is 8.52. The molecule has 7 heteroatoms. The fraction of sp³-hybridized carbons (Fsp3) is 0.143. The third-order valence-corrected chi connectivity index (χ3v) is 7.27. The van der Waals surface area contributed by atoms with Crippen LogP contribution in [0, 0.1) is 5.92 Å². The second-order valence-electron chi connectivity index (χ2n) is 8.56. The number of para-hydroxylation sites is 1. The summed E-state index contributed by atoms with van der Waals surface area (Å²) in [6.45, 7) is 0. The summed E-state index contributed by atoms with van der Waals surface area (Å²) in [6, 6.07) is 28.1. The standard InChI is InChI=1S/C28H21BrN2O4/c1-34-23-15-14-18(16-21(23)29)25-24-26(35-31(25)19-10-3-2-4-11-19)28(33)30(27(24)32)22-13-7-9-17-8-5-6-12-20(17)22/h2-16,24-26H,1H3/t24-,25+,26+/m1/s1. The third-order valence-electron chi connectivity index (χ3n) is 6.65. The Morgan fingerprint density at radius 3 is 2.37 bits per heavy atom. The van der Waals surface area contributed by atoms with E-state index in [0.717, 1.165) is 26.5 Å². The summed E-state index contributed by atoms with van der Waals surface area (Å²) in [6.07, 6.45) is -0.924. The van der Waals surface area contributed by atoms with Gasteiger partial charge in [-0.1, -0.05) is 60.7 Å². The molecule has 4 aromatic carbocycles. The van der Waals surface area contributed by atoms with Gasteiger partial charge in [0.2, 0.25) is 5.91 Å². The van der Waals surface area contributed by atoms with E-state index >= 15 is 0 Å². The summed E-state index contributed by atoms with van der Waals surface area (Å²) < 4.78 is 6.15. The van der Waals surface area contributed by atoms with Crippen LogP contribution in [0.3, 0.4) is 0 Å². The number of imide groups is 1. The minimum absolute atomic E-state index is 0.272. The smallest absolute Gasteiger partial charge is 0.266 e. The number of fused-ring (bicyclic) bond motifs is 2. The number of carbonyl (C=O) groups excluding carboxylic acids is 2. The summed E-state index contributed by atoms with van der Waals surface area (Å²) in [5, 5.41) is 3.50. The average Bonchev–Trinajstić information content (AvgIpc) is 3.40. The molecule has 3 atom stereocenters. The lowest BCUT2D eigenvalue weighted by atomic mass is 9.90. The van der Waals surface area contributed by atoms with Crippen LogP contribution in [0.25, 0.3) is 10.8 Å². The minimum atomic E-state index is -0.924. The number of benzene rings is 4. The zero-order valence-electron chi connectivity index (χ0n) is 18.8. The van der Waals surface area contributed by atoms with Crippen molar-refractivity contribution in [2.45, 2.75) is 12.1 Å². The largest absolute Gasteiger partial charge is 0.496 e. The Kier molecular flexibility index (Phi) is 5.31. The number of hydrogen-bond donors (Lipinski definition) is 0. The maximum absolute atomic E-state index is 14.0. The molecule has 0 aliphatic carbocycles. The molecular weight excluding hydrogens is 508 g/mol. The van der Waals surface area contributed by atoms with Crippen LogP contribution < -0.4 is 14.7 Å². The Bertz CT molecular complexity index is 1450. The lowest BCUT2D eigenvalue weighted by Crippen LogP contribution is -2.37. The van der Waals surface area contributed by atoms with Crippen molar-refractivity contribution in [1.29, 1.82) is 0 Å². The molecule has 0 unspecified atom stereocenters. The molecule has 6 rings (SSSR count). The topological polar surface area (TPSA) is 59.1 Å². The first-order valence-corrected chi connectivity index (χ1v) is 12.1. The first-order chi connectivity index (χ1) is 17.1. The van der Waals surface area contributed by atoms with E-state index in [0.29, 0.717) is 11.4 Å².